The number of benzene rings is 1. The van der Waals surface area contributed by atoms with Crippen LogP contribution in [0.25, 0.3) is 0 Å². The van der Waals surface area contributed by atoms with Crippen LogP contribution in [-0.4, -0.2) is 30.7 Å². The summed E-state index contributed by atoms with van der Waals surface area (Å²) < 4.78 is 5.96. The van der Waals surface area contributed by atoms with E-state index < -0.39 is 0 Å². The quantitative estimate of drug-likeness (QED) is 0.879. The Bertz CT molecular complexity index is 467. The first-order valence-corrected chi connectivity index (χ1v) is 7.59. The molecule has 0 spiro atoms. The highest BCUT2D eigenvalue weighted by atomic mass is 79.9. The van der Waals surface area contributed by atoms with Crippen LogP contribution in [0.2, 0.25) is 5.02 Å². The Morgan fingerprint density at radius 1 is 1.67 bits per heavy atom. The van der Waals surface area contributed by atoms with Gasteiger partial charge in [-0.2, -0.15) is 0 Å². The van der Waals surface area contributed by atoms with Crippen molar-refractivity contribution >= 4 is 50.9 Å². The van der Waals surface area contributed by atoms with Crippen molar-refractivity contribution in [2.75, 3.05) is 24.1 Å². The molecule has 1 saturated heterocycles. The van der Waals surface area contributed by atoms with E-state index in [1.54, 1.807) is 31.0 Å². The number of nitrogens with one attached hydrogen (secondary N) is 2. The van der Waals surface area contributed by atoms with E-state index >= 15 is 0 Å². The zero-order chi connectivity index (χ0) is 13.1. The summed E-state index contributed by atoms with van der Waals surface area (Å²) in [6.07, 6.45) is 0. The van der Waals surface area contributed by atoms with Crippen LogP contribution in [0, 0.1) is 0 Å². The van der Waals surface area contributed by atoms with Crippen LogP contribution in [-0.2, 0) is 4.79 Å². The molecule has 0 aliphatic carbocycles. The normalized spacial score (nSPS) is 18.7. The van der Waals surface area contributed by atoms with Crippen LogP contribution in [0.3, 0.4) is 0 Å². The zero-order valence-corrected chi connectivity index (χ0v) is 12.8. The smallest absolute Gasteiger partial charge is 0.242 e. The number of hydrogen-bond donors (Lipinski definition) is 2. The summed E-state index contributed by atoms with van der Waals surface area (Å²) in [6, 6.07) is 3.22. The molecule has 0 aromatic heterocycles. The van der Waals surface area contributed by atoms with Gasteiger partial charge in [0.15, 0.2) is 5.75 Å². The van der Waals surface area contributed by atoms with Crippen molar-refractivity contribution < 1.29 is 9.53 Å². The number of halogens is 2. The van der Waals surface area contributed by atoms with Crippen LogP contribution in [0.1, 0.15) is 0 Å². The van der Waals surface area contributed by atoms with E-state index in [-0.39, 0.29) is 11.9 Å². The lowest BCUT2D eigenvalue weighted by Crippen LogP contribution is -2.37. The van der Waals surface area contributed by atoms with E-state index in [0.29, 0.717) is 20.9 Å². The molecular weight excluding hydrogens is 340 g/mol. The van der Waals surface area contributed by atoms with E-state index in [1.165, 1.54) is 0 Å². The van der Waals surface area contributed by atoms with Crippen LogP contribution in [0.5, 0.6) is 5.75 Å². The fraction of sp³-hybridized carbons (Fsp3) is 0.364. The first-order chi connectivity index (χ1) is 8.61. The SMILES string of the molecule is COc1c(Br)cc(Cl)cc1NC(=O)C1CSCN1. The van der Waals surface area contributed by atoms with Crippen molar-refractivity contribution in [3.8, 4) is 5.75 Å². The molecule has 2 rings (SSSR count). The third kappa shape index (κ3) is 3.12. The molecule has 1 unspecified atom stereocenters. The van der Waals surface area contributed by atoms with Gasteiger partial charge in [-0.1, -0.05) is 11.6 Å². The molecule has 1 aromatic rings. The van der Waals surface area contributed by atoms with Crippen molar-refractivity contribution in [3.63, 3.8) is 0 Å². The molecule has 1 amide bonds. The highest BCUT2D eigenvalue weighted by Crippen LogP contribution is 2.36. The standard InChI is InChI=1S/C11H12BrClN2O2S/c1-17-10-7(12)2-6(13)3-8(10)15-11(16)9-4-18-5-14-9/h2-3,9,14H,4-5H2,1H3,(H,15,16). The average Bonchev–Trinajstić information content (AvgIpc) is 2.81. The van der Waals surface area contributed by atoms with Crippen molar-refractivity contribution in [2.24, 2.45) is 0 Å². The van der Waals surface area contributed by atoms with Gasteiger partial charge >= 0.3 is 0 Å². The molecule has 1 aliphatic heterocycles. The Hall–Kier alpha value is -0.430. The number of methoxy groups -OCH3 is 1. The fourth-order valence-electron chi connectivity index (χ4n) is 1.64. The van der Waals surface area contributed by atoms with E-state index in [9.17, 15) is 4.79 Å². The molecule has 0 bridgehead atoms. The minimum atomic E-state index is -0.169. The number of rotatable bonds is 3. The molecule has 4 nitrogen and oxygen atoms in total. The lowest BCUT2D eigenvalue weighted by atomic mass is 10.2. The second-order valence-corrected chi connectivity index (χ2v) is 6.05. The highest BCUT2D eigenvalue weighted by Gasteiger charge is 2.23. The van der Waals surface area contributed by atoms with Gasteiger partial charge in [0.2, 0.25) is 5.91 Å². The number of ether oxygens (including phenoxy) is 1. The van der Waals surface area contributed by atoms with Crippen LogP contribution in [0.15, 0.2) is 16.6 Å². The van der Waals surface area contributed by atoms with Gasteiger partial charge in [-0.25, -0.2) is 0 Å². The molecule has 0 radical (unpaired) electrons. The first kappa shape index (κ1) is 14.0. The third-order valence-electron chi connectivity index (χ3n) is 2.50. The highest BCUT2D eigenvalue weighted by molar-refractivity contribution is 9.10. The molecule has 0 saturated carbocycles. The third-order valence-corrected chi connectivity index (χ3v) is 4.25. The summed E-state index contributed by atoms with van der Waals surface area (Å²) >= 11 is 11.0. The Labute approximate surface area is 123 Å². The van der Waals surface area contributed by atoms with Crippen LogP contribution < -0.4 is 15.4 Å². The lowest BCUT2D eigenvalue weighted by molar-refractivity contribution is -0.117. The largest absolute Gasteiger partial charge is 0.493 e. The molecule has 18 heavy (non-hydrogen) atoms. The minimum absolute atomic E-state index is 0.0764. The van der Waals surface area contributed by atoms with Crippen LogP contribution in [0.4, 0.5) is 5.69 Å². The van der Waals surface area contributed by atoms with E-state index in [2.05, 4.69) is 26.6 Å². The van der Waals surface area contributed by atoms with Crippen LogP contribution >= 0.6 is 39.3 Å². The van der Waals surface area contributed by atoms with E-state index in [4.69, 9.17) is 16.3 Å². The minimum Gasteiger partial charge on any atom is -0.493 e. The predicted octanol–water partition coefficient (Wildman–Crippen LogP) is 2.71. The van der Waals surface area contributed by atoms with Crippen molar-refractivity contribution in [1.82, 2.24) is 5.32 Å². The molecular formula is C11H12BrClN2O2S. The molecule has 1 atom stereocenters. The average molecular weight is 352 g/mol. The maximum Gasteiger partial charge on any atom is 0.242 e. The number of anilines is 1. The van der Waals surface area contributed by atoms with Gasteiger partial charge in [-0.15, -0.1) is 11.8 Å². The molecule has 1 aliphatic rings. The monoisotopic (exact) mass is 350 g/mol. The van der Waals surface area contributed by atoms with Crippen molar-refractivity contribution in [3.05, 3.63) is 21.6 Å². The maximum atomic E-state index is 12.0. The maximum absolute atomic E-state index is 12.0. The van der Waals surface area contributed by atoms with E-state index in [1.807, 2.05) is 0 Å². The zero-order valence-electron chi connectivity index (χ0n) is 9.63. The summed E-state index contributed by atoms with van der Waals surface area (Å²) in [4.78, 5) is 12.0. The number of hydrogen-bond acceptors (Lipinski definition) is 4. The van der Waals surface area contributed by atoms with Gasteiger partial charge in [0.1, 0.15) is 0 Å². The van der Waals surface area contributed by atoms with Gasteiger partial charge < -0.3 is 10.1 Å². The molecule has 1 aromatic carbocycles. The summed E-state index contributed by atoms with van der Waals surface area (Å²) in [5.74, 6) is 2.07. The van der Waals surface area contributed by atoms with Crippen molar-refractivity contribution in [1.29, 1.82) is 0 Å². The van der Waals surface area contributed by atoms with Gasteiger partial charge in [0, 0.05) is 16.7 Å². The lowest BCUT2D eigenvalue weighted by Gasteiger charge is -2.14. The number of amides is 1. The first-order valence-electron chi connectivity index (χ1n) is 5.27. The Kier molecular flexibility index (Phi) is 4.77. The number of carbonyl (C=O) groups excluding carboxylic acids is 1. The van der Waals surface area contributed by atoms with Gasteiger partial charge in [-0.05, 0) is 28.1 Å². The van der Waals surface area contributed by atoms with Crippen molar-refractivity contribution in [2.45, 2.75) is 6.04 Å². The fourth-order valence-corrected chi connectivity index (χ4v) is 3.56. The number of carbonyl (C=O) groups is 1. The van der Waals surface area contributed by atoms with E-state index in [0.717, 1.165) is 11.6 Å². The molecule has 98 valence electrons. The second kappa shape index (κ2) is 6.14. The molecule has 7 heteroatoms. The van der Waals surface area contributed by atoms with Gasteiger partial charge in [0.25, 0.3) is 0 Å². The van der Waals surface area contributed by atoms with Gasteiger partial charge in [-0.3, -0.25) is 10.1 Å². The Balaban J connectivity index is 2.19. The predicted molar refractivity (Wildman–Crippen MR) is 78.6 cm³/mol. The summed E-state index contributed by atoms with van der Waals surface area (Å²) in [6.45, 7) is 0. The summed E-state index contributed by atoms with van der Waals surface area (Å²) in [5.41, 5.74) is 0.570. The molecule has 1 fully saturated rings. The Morgan fingerprint density at radius 2 is 2.44 bits per heavy atom. The Morgan fingerprint density at radius 3 is 3.06 bits per heavy atom. The second-order valence-electron chi connectivity index (χ2n) is 3.73. The topological polar surface area (TPSA) is 50.4 Å². The summed E-state index contributed by atoms with van der Waals surface area (Å²) in [7, 11) is 1.55. The number of thioether (sulfide) groups is 1. The molecule has 2 N–H and O–H groups in total. The van der Waals surface area contributed by atoms with Gasteiger partial charge in [0.05, 0.1) is 23.3 Å². The molecule has 1 heterocycles. The summed E-state index contributed by atoms with van der Waals surface area (Å²) in [5, 5.41) is 6.47.